The van der Waals surface area contributed by atoms with Crippen LogP contribution < -0.4 is 10.9 Å². The molecule has 4 heterocycles. The first-order valence-electron chi connectivity index (χ1n) is 11.3. The average Bonchev–Trinajstić information content (AvgIpc) is 3.30. The zero-order valence-corrected chi connectivity index (χ0v) is 20.0. The number of hydrogen-bond acceptors (Lipinski definition) is 7. The highest BCUT2D eigenvalue weighted by Crippen LogP contribution is 2.29. The molecule has 0 unspecified atom stereocenters. The van der Waals surface area contributed by atoms with Gasteiger partial charge in [0, 0.05) is 30.8 Å². The van der Waals surface area contributed by atoms with Crippen molar-refractivity contribution in [2.75, 3.05) is 13.2 Å². The van der Waals surface area contributed by atoms with E-state index >= 15 is 8.78 Å². The number of aromatic nitrogens is 3. The summed E-state index contributed by atoms with van der Waals surface area (Å²) >= 11 is 1.31. The fourth-order valence-corrected chi connectivity index (χ4v) is 4.97. The Morgan fingerprint density at radius 2 is 2.08 bits per heavy atom. The van der Waals surface area contributed by atoms with Gasteiger partial charge in [0.15, 0.2) is 0 Å². The number of carbonyl (C=O) groups is 1. The van der Waals surface area contributed by atoms with E-state index < -0.39 is 41.8 Å². The number of halogens is 2. The van der Waals surface area contributed by atoms with E-state index in [1.165, 1.54) is 41.9 Å². The van der Waals surface area contributed by atoms with Gasteiger partial charge in [-0.15, -0.1) is 11.3 Å². The second kappa shape index (κ2) is 9.84. The summed E-state index contributed by atoms with van der Waals surface area (Å²) in [6, 6.07) is 4.93. The van der Waals surface area contributed by atoms with E-state index in [-0.39, 0.29) is 28.6 Å². The number of fused-ring (bicyclic) bond motifs is 1. The summed E-state index contributed by atoms with van der Waals surface area (Å²) in [5.41, 5.74) is -0.279. The fraction of sp³-hybridized carbons (Fsp3) is 0.280. The molecule has 1 aliphatic rings. The van der Waals surface area contributed by atoms with Crippen LogP contribution in [0.15, 0.2) is 47.7 Å². The van der Waals surface area contributed by atoms with Gasteiger partial charge in [0.2, 0.25) is 0 Å². The molecule has 3 aromatic heterocycles. The Morgan fingerprint density at radius 1 is 1.31 bits per heavy atom. The Kier molecular flexibility index (Phi) is 6.61. The first-order valence-corrected chi connectivity index (χ1v) is 12.1. The maximum atomic E-state index is 15.0. The lowest BCUT2D eigenvalue weighted by atomic mass is 10.0. The van der Waals surface area contributed by atoms with Gasteiger partial charge in [-0.2, -0.15) is 0 Å². The number of aliphatic hydroxyl groups is 1. The molecule has 11 heteroatoms. The number of nitrogens with zero attached hydrogens (tertiary/aromatic N) is 3. The number of ether oxygens (including phenoxy) is 1. The van der Waals surface area contributed by atoms with Gasteiger partial charge in [-0.1, -0.05) is 0 Å². The predicted molar refractivity (Wildman–Crippen MR) is 130 cm³/mol. The lowest BCUT2D eigenvalue weighted by Gasteiger charge is -2.28. The summed E-state index contributed by atoms with van der Waals surface area (Å²) in [4.78, 5) is 35.2. The SMILES string of the molecule is Cc1ncc(-c2cc(F)c(Cn3cc(C(=O)N[C@H]4CCOC[C@@H]4O)c4ncccc4c3=O)c(F)c2)s1. The molecule has 5 rings (SSSR count). The zero-order valence-electron chi connectivity index (χ0n) is 19.2. The quantitative estimate of drug-likeness (QED) is 0.426. The average molecular weight is 513 g/mol. The Morgan fingerprint density at radius 3 is 2.78 bits per heavy atom. The molecule has 0 bridgehead atoms. The number of aliphatic hydroxyl groups excluding tert-OH is 1. The van der Waals surface area contributed by atoms with Crippen LogP contribution in [0.5, 0.6) is 0 Å². The van der Waals surface area contributed by atoms with Gasteiger partial charge in [-0.05, 0) is 43.2 Å². The monoisotopic (exact) mass is 512 g/mol. The van der Waals surface area contributed by atoms with Gasteiger partial charge in [0.25, 0.3) is 11.5 Å². The molecule has 0 aliphatic carbocycles. The third kappa shape index (κ3) is 4.64. The second-order valence-corrected chi connectivity index (χ2v) is 9.78. The normalized spacial score (nSPS) is 17.9. The summed E-state index contributed by atoms with van der Waals surface area (Å²) in [5, 5.41) is 13.8. The molecule has 36 heavy (non-hydrogen) atoms. The van der Waals surface area contributed by atoms with Crippen LogP contribution in [0.4, 0.5) is 8.78 Å². The molecule has 186 valence electrons. The van der Waals surface area contributed by atoms with Crippen LogP contribution in [0.2, 0.25) is 0 Å². The smallest absolute Gasteiger partial charge is 0.260 e. The summed E-state index contributed by atoms with van der Waals surface area (Å²) in [6.07, 6.45) is 3.79. The maximum Gasteiger partial charge on any atom is 0.260 e. The van der Waals surface area contributed by atoms with Crippen LogP contribution in [-0.2, 0) is 11.3 Å². The van der Waals surface area contributed by atoms with E-state index in [0.717, 1.165) is 9.57 Å². The van der Waals surface area contributed by atoms with Crippen LogP contribution in [0.25, 0.3) is 21.3 Å². The van der Waals surface area contributed by atoms with Crippen LogP contribution in [0.3, 0.4) is 0 Å². The number of amides is 1. The van der Waals surface area contributed by atoms with Crippen molar-refractivity contribution in [3.63, 3.8) is 0 Å². The minimum Gasteiger partial charge on any atom is -0.389 e. The molecule has 0 saturated carbocycles. The first-order chi connectivity index (χ1) is 17.3. The Balaban J connectivity index is 1.53. The summed E-state index contributed by atoms with van der Waals surface area (Å²) in [5.74, 6) is -2.19. The molecule has 1 fully saturated rings. The second-order valence-electron chi connectivity index (χ2n) is 8.55. The molecule has 0 spiro atoms. The van der Waals surface area contributed by atoms with Crippen molar-refractivity contribution < 1.29 is 23.4 Å². The highest BCUT2D eigenvalue weighted by Gasteiger charge is 2.27. The van der Waals surface area contributed by atoms with Crippen LogP contribution in [-0.4, -0.2) is 50.9 Å². The van der Waals surface area contributed by atoms with E-state index in [1.807, 2.05) is 0 Å². The number of hydrogen-bond donors (Lipinski definition) is 2. The molecule has 1 saturated heterocycles. The van der Waals surface area contributed by atoms with Gasteiger partial charge in [0.05, 0.1) is 51.6 Å². The van der Waals surface area contributed by atoms with Crippen LogP contribution in [0.1, 0.15) is 27.3 Å². The summed E-state index contributed by atoms with van der Waals surface area (Å²) < 4.78 is 36.4. The van der Waals surface area contributed by atoms with Crippen molar-refractivity contribution in [1.29, 1.82) is 0 Å². The highest BCUT2D eigenvalue weighted by atomic mass is 32.1. The molecular weight excluding hydrogens is 490 g/mol. The number of rotatable bonds is 5. The number of thiazole rings is 1. The van der Waals surface area contributed by atoms with Crippen molar-refractivity contribution in [3.05, 3.63) is 81.0 Å². The van der Waals surface area contributed by atoms with E-state index in [4.69, 9.17) is 4.74 Å². The predicted octanol–water partition coefficient (Wildman–Crippen LogP) is 3.03. The third-order valence-corrected chi connectivity index (χ3v) is 7.06. The first kappa shape index (κ1) is 24.2. The number of aryl methyl sites for hydroxylation is 1. The molecule has 2 N–H and O–H groups in total. The lowest BCUT2D eigenvalue weighted by molar-refractivity contribution is -0.0260. The molecule has 0 radical (unpaired) electrons. The molecule has 2 atom stereocenters. The van der Waals surface area contributed by atoms with E-state index in [2.05, 4.69) is 15.3 Å². The zero-order chi connectivity index (χ0) is 25.4. The highest BCUT2D eigenvalue weighted by molar-refractivity contribution is 7.15. The Hall–Kier alpha value is -3.54. The number of carbonyl (C=O) groups excluding carboxylic acids is 1. The lowest BCUT2D eigenvalue weighted by Crippen LogP contribution is -2.48. The molecule has 8 nitrogen and oxygen atoms in total. The van der Waals surface area contributed by atoms with Crippen molar-refractivity contribution in [1.82, 2.24) is 19.9 Å². The number of nitrogens with one attached hydrogen (secondary N) is 1. The minimum atomic E-state index is -0.878. The Labute approximate surface area is 208 Å². The van der Waals surface area contributed by atoms with E-state index in [0.29, 0.717) is 23.5 Å². The maximum absolute atomic E-state index is 15.0. The van der Waals surface area contributed by atoms with Crippen molar-refractivity contribution in [2.45, 2.75) is 32.0 Å². The van der Waals surface area contributed by atoms with Crippen LogP contribution in [0, 0.1) is 18.6 Å². The van der Waals surface area contributed by atoms with Gasteiger partial charge in [-0.25, -0.2) is 13.8 Å². The largest absolute Gasteiger partial charge is 0.389 e. The number of benzene rings is 1. The van der Waals surface area contributed by atoms with Gasteiger partial charge in [0.1, 0.15) is 11.6 Å². The molecular formula is C25H22F2N4O4S. The van der Waals surface area contributed by atoms with Crippen molar-refractivity contribution >= 4 is 28.1 Å². The van der Waals surface area contributed by atoms with Crippen molar-refractivity contribution in [2.24, 2.45) is 0 Å². The standard InChI is InChI=1S/C25H22F2N4O4S/c1-13-29-9-22(36-13)14-7-18(26)16(19(27)8-14)10-31-11-17(23-15(25(31)34)3-2-5-28-23)24(33)30-20-4-6-35-12-21(20)32/h2-3,5,7-9,11,20-21,32H,4,6,10,12H2,1H3,(H,30,33)/t20-,21-/m0/s1. The van der Waals surface area contributed by atoms with E-state index in [1.54, 1.807) is 19.2 Å². The van der Waals surface area contributed by atoms with Gasteiger partial charge in [-0.3, -0.25) is 14.6 Å². The molecule has 1 aromatic carbocycles. The molecule has 1 amide bonds. The summed E-state index contributed by atoms with van der Waals surface area (Å²) in [7, 11) is 0. The fourth-order valence-electron chi connectivity index (χ4n) is 4.21. The van der Waals surface area contributed by atoms with Crippen LogP contribution >= 0.6 is 11.3 Å². The van der Waals surface area contributed by atoms with Crippen molar-refractivity contribution in [3.8, 4) is 10.4 Å². The Bertz CT molecular complexity index is 1500. The third-order valence-electron chi connectivity index (χ3n) is 6.10. The van der Waals surface area contributed by atoms with E-state index in [9.17, 15) is 14.7 Å². The number of pyridine rings is 2. The van der Waals surface area contributed by atoms with Gasteiger partial charge >= 0.3 is 0 Å². The molecule has 4 aromatic rings. The molecule has 1 aliphatic heterocycles. The summed E-state index contributed by atoms with van der Waals surface area (Å²) in [6.45, 7) is 1.85. The minimum absolute atomic E-state index is 0.0569. The van der Waals surface area contributed by atoms with Gasteiger partial charge < -0.3 is 19.7 Å². The topological polar surface area (TPSA) is 106 Å².